The van der Waals surface area contributed by atoms with Gasteiger partial charge in [-0.3, -0.25) is 0 Å². The summed E-state index contributed by atoms with van der Waals surface area (Å²) in [4.78, 5) is 4.03. The summed E-state index contributed by atoms with van der Waals surface area (Å²) in [5.74, 6) is 0.646. The van der Waals surface area contributed by atoms with Crippen LogP contribution in [0.25, 0.3) is 0 Å². The van der Waals surface area contributed by atoms with Crippen LogP contribution < -0.4 is 4.72 Å². The van der Waals surface area contributed by atoms with Gasteiger partial charge in [0.2, 0.25) is 0 Å². The molecule has 0 saturated carbocycles. The molecule has 0 aromatic carbocycles. The second kappa shape index (κ2) is 4.99. The minimum absolute atomic E-state index is 0.0180. The van der Waals surface area contributed by atoms with E-state index in [0.717, 1.165) is 0 Å². The van der Waals surface area contributed by atoms with Crippen LogP contribution in [0, 0.1) is 6.92 Å². The number of aliphatic hydroxyl groups excluding tert-OH is 1. The first-order valence-corrected chi connectivity index (χ1v) is 7.34. The second-order valence-corrected chi connectivity index (χ2v) is 6.54. The molecule has 0 saturated heterocycles. The molecule has 0 radical (unpaired) electrons. The van der Waals surface area contributed by atoms with Gasteiger partial charge in [0.25, 0.3) is 10.0 Å². The van der Waals surface area contributed by atoms with Crippen molar-refractivity contribution in [2.24, 2.45) is 0 Å². The third kappa shape index (κ3) is 3.09. The number of nitrogens with one attached hydrogen (secondary N) is 1. The lowest BCUT2D eigenvalue weighted by atomic mass is 10.0. The minimum atomic E-state index is -3.72. The van der Waals surface area contributed by atoms with Gasteiger partial charge in [-0.2, -0.15) is 0 Å². The molecule has 104 valence electrons. The number of aromatic nitrogens is 2. The summed E-state index contributed by atoms with van der Waals surface area (Å²) in [6.07, 6.45) is 0.692. The first-order chi connectivity index (χ1) is 8.10. The van der Waals surface area contributed by atoms with E-state index < -0.39 is 21.7 Å². The van der Waals surface area contributed by atoms with Gasteiger partial charge in [0.1, 0.15) is 5.82 Å². The number of hydrogen-bond donors (Lipinski definition) is 2. The minimum Gasteiger partial charge on any atom is -0.391 e. The van der Waals surface area contributed by atoms with Crippen molar-refractivity contribution in [3.63, 3.8) is 0 Å². The lowest BCUT2D eigenvalue weighted by Crippen LogP contribution is -2.50. The van der Waals surface area contributed by atoms with Crippen LogP contribution in [0.2, 0.25) is 0 Å². The van der Waals surface area contributed by atoms with Crippen LogP contribution in [0.4, 0.5) is 0 Å². The zero-order valence-corrected chi connectivity index (χ0v) is 12.2. The molecule has 0 fully saturated rings. The summed E-state index contributed by atoms with van der Waals surface area (Å²) in [6.45, 7) is 9.12. The molecule has 2 N–H and O–H groups in total. The van der Waals surface area contributed by atoms with E-state index in [9.17, 15) is 13.5 Å². The Morgan fingerprint density at radius 3 is 2.50 bits per heavy atom. The highest BCUT2D eigenvalue weighted by Crippen LogP contribution is 2.15. The van der Waals surface area contributed by atoms with Crippen molar-refractivity contribution < 1.29 is 13.5 Å². The SMILES string of the molecule is CCn1cc(S(=O)(=O)NC(C)(C)C(C)O)nc1C. The normalized spacial score (nSPS) is 14.8. The Balaban J connectivity index is 3.07. The molecule has 6 nitrogen and oxygen atoms in total. The third-order valence-electron chi connectivity index (χ3n) is 3.01. The molecule has 0 amide bonds. The highest BCUT2D eigenvalue weighted by atomic mass is 32.2. The molecule has 1 aromatic rings. The zero-order valence-electron chi connectivity index (χ0n) is 11.4. The van der Waals surface area contributed by atoms with Gasteiger partial charge in [-0.05, 0) is 34.6 Å². The van der Waals surface area contributed by atoms with Crippen molar-refractivity contribution in [2.75, 3.05) is 0 Å². The van der Waals surface area contributed by atoms with E-state index in [1.165, 1.54) is 6.20 Å². The fourth-order valence-corrected chi connectivity index (χ4v) is 2.90. The first kappa shape index (κ1) is 15.1. The monoisotopic (exact) mass is 275 g/mol. The van der Waals surface area contributed by atoms with Gasteiger partial charge in [-0.15, -0.1) is 0 Å². The van der Waals surface area contributed by atoms with Gasteiger partial charge in [-0.1, -0.05) is 0 Å². The molecule has 0 aliphatic rings. The molecule has 1 aromatic heterocycles. The van der Waals surface area contributed by atoms with Gasteiger partial charge in [0.05, 0.1) is 11.6 Å². The molecule has 18 heavy (non-hydrogen) atoms. The summed E-state index contributed by atoms with van der Waals surface area (Å²) in [5, 5.41) is 9.53. The average Bonchev–Trinajstić information content (AvgIpc) is 2.58. The standard InChI is InChI=1S/C11H21N3O3S/c1-6-14-7-10(12-9(14)3)18(16,17)13-11(4,5)8(2)15/h7-8,13,15H,6H2,1-5H3. The van der Waals surface area contributed by atoms with Gasteiger partial charge < -0.3 is 9.67 Å². The van der Waals surface area contributed by atoms with Crippen LogP contribution in [0.3, 0.4) is 0 Å². The van der Waals surface area contributed by atoms with E-state index in [2.05, 4.69) is 9.71 Å². The zero-order chi connectivity index (χ0) is 14.1. The number of imidazole rings is 1. The lowest BCUT2D eigenvalue weighted by molar-refractivity contribution is 0.111. The molecular weight excluding hydrogens is 254 g/mol. The molecule has 1 rings (SSSR count). The van der Waals surface area contributed by atoms with E-state index >= 15 is 0 Å². The fourth-order valence-electron chi connectivity index (χ4n) is 1.41. The van der Waals surface area contributed by atoms with Gasteiger partial charge >= 0.3 is 0 Å². The maximum Gasteiger partial charge on any atom is 0.260 e. The number of sulfonamides is 1. The van der Waals surface area contributed by atoms with Crippen LogP contribution in [0.1, 0.15) is 33.5 Å². The maximum atomic E-state index is 12.1. The highest BCUT2D eigenvalue weighted by Gasteiger charge is 2.31. The first-order valence-electron chi connectivity index (χ1n) is 5.86. The Kier molecular flexibility index (Phi) is 4.19. The van der Waals surface area contributed by atoms with Crippen LogP contribution in [-0.2, 0) is 16.6 Å². The molecule has 1 unspecified atom stereocenters. The van der Waals surface area contributed by atoms with E-state index in [-0.39, 0.29) is 5.03 Å². The fraction of sp³-hybridized carbons (Fsp3) is 0.727. The lowest BCUT2D eigenvalue weighted by Gasteiger charge is -2.28. The van der Waals surface area contributed by atoms with Gasteiger partial charge in [-0.25, -0.2) is 18.1 Å². The highest BCUT2D eigenvalue weighted by molar-refractivity contribution is 7.89. The Morgan fingerprint density at radius 1 is 1.56 bits per heavy atom. The Bertz CT molecular complexity index is 518. The number of aryl methyl sites for hydroxylation is 2. The molecule has 0 spiro atoms. The smallest absolute Gasteiger partial charge is 0.260 e. The Morgan fingerprint density at radius 2 is 2.11 bits per heavy atom. The van der Waals surface area contributed by atoms with E-state index in [1.807, 2.05) is 6.92 Å². The Labute approximate surface area is 108 Å². The van der Waals surface area contributed by atoms with Crippen LogP contribution in [-0.4, -0.2) is 34.7 Å². The van der Waals surface area contributed by atoms with Crippen molar-refractivity contribution in [2.45, 2.75) is 57.8 Å². The average molecular weight is 275 g/mol. The van der Waals surface area contributed by atoms with E-state index in [4.69, 9.17) is 0 Å². The quantitative estimate of drug-likeness (QED) is 0.826. The second-order valence-electron chi connectivity index (χ2n) is 4.92. The summed E-state index contributed by atoms with van der Waals surface area (Å²) in [6, 6.07) is 0. The predicted molar refractivity (Wildman–Crippen MR) is 68.7 cm³/mol. The largest absolute Gasteiger partial charge is 0.391 e. The van der Waals surface area contributed by atoms with E-state index in [1.54, 1.807) is 32.3 Å². The molecule has 0 aliphatic carbocycles. The molecule has 0 aliphatic heterocycles. The summed E-state index contributed by atoms with van der Waals surface area (Å²) >= 11 is 0. The number of rotatable bonds is 5. The number of nitrogens with zero attached hydrogens (tertiary/aromatic N) is 2. The summed E-state index contributed by atoms with van der Waals surface area (Å²) in [5.41, 5.74) is -0.942. The Hall–Kier alpha value is -0.920. The van der Waals surface area contributed by atoms with Crippen LogP contribution in [0.15, 0.2) is 11.2 Å². The van der Waals surface area contributed by atoms with Gasteiger partial charge in [0, 0.05) is 12.7 Å². The number of hydrogen-bond acceptors (Lipinski definition) is 4. The van der Waals surface area contributed by atoms with E-state index in [0.29, 0.717) is 12.4 Å². The third-order valence-corrected chi connectivity index (χ3v) is 4.55. The summed E-state index contributed by atoms with van der Waals surface area (Å²) < 4.78 is 28.5. The topological polar surface area (TPSA) is 84.2 Å². The van der Waals surface area contributed by atoms with Crippen LogP contribution >= 0.6 is 0 Å². The molecular formula is C11H21N3O3S. The van der Waals surface area contributed by atoms with Crippen molar-refractivity contribution in [1.29, 1.82) is 0 Å². The van der Waals surface area contributed by atoms with Crippen molar-refractivity contribution in [1.82, 2.24) is 14.3 Å². The van der Waals surface area contributed by atoms with Crippen molar-refractivity contribution in [3.05, 3.63) is 12.0 Å². The molecule has 1 atom stereocenters. The van der Waals surface area contributed by atoms with Crippen molar-refractivity contribution >= 4 is 10.0 Å². The number of aliphatic hydroxyl groups is 1. The maximum absolute atomic E-state index is 12.1. The molecule has 7 heteroatoms. The van der Waals surface area contributed by atoms with Gasteiger partial charge in [0.15, 0.2) is 5.03 Å². The molecule has 0 bridgehead atoms. The summed E-state index contributed by atoms with van der Waals surface area (Å²) in [7, 11) is -3.72. The predicted octanol–water partition coefficient (Wildman–Crippen LogP) is 0.649. The molecule has 1 heterocycles. The van der Waals surface area contributed by atoms with Crippen LogP contribution in [0.5, 0.6) is 0 Å². The van der Waals surface area contributed by atoms with Crippen molar-refractivity contribution in [3.8, 4) is 0 Å².